The summed E-state index contributed by atoms with van der Waals surface area (Å²) in [6, 6.07) is 8.56. The van der Waals surface area contributed by atoms with Gasteiger partial charge in [0.15, 0.2) is 0 Å². The Kier molecular flexibility index (Phi) is 11.4. The molecule has 1 fully saturated rings. The zero-order chi connectivity index (χ0) is 34.4. The largest absolute Gasteiger partial charge is 0.496 e. The number of ether oxygens (including phenoxy) is 1. The molecule has 1 aliphatic heterocycles. The lowest BCUT2D eigenvalue weighted by atomic mass is 9.81. The van der Waals surface area contributed by atoms with E-state index in [1.807, 2.05) is 20.8 Å². The molecule has 46 heavy (non-hydrogen) atoms. The van der Waals surface area contributed by atoms with Gasteiger partial charge in [-0.15, -0.1) is 0 Å². The number of nitrogens with zero attached hydrogens (tertiary/aromatic N) is 2. The van der Waals surface area contributed by atoms with Crippen LogP contribution < -0.4 is 30.3 Å². The van der Waals surface area contributed by atoms with E-state index in [0.29, 0.717) is 35.7 Å². The number of anilines is 2. The third kappa shape index (κ3) is 8.53. The van der Waals surface area contributed by atoms with Gasteiger partial charge in [-0.05, 0) is 55.2 Å². The van der Waals surface area contributed by atoms with Crippen molar-refractivity contribution >= 4 is 51.1 Å². The van der Waals surface area contributed by atoms with Crippen molar-refractivity contribution < 1.29 is 37.1 Å². The molecule has 1 atom stereocenters. The van der Waals surface area contributed by atoms with Crippen LogP contribution in [0.3, 0.4) is 0 Å². The van der Waals surface area contributed by atoms with E-state index in [4.69, 9.17) is 4.74 Å². The number of carbonyl (C=O) groups excluding carboxylic acids is 5. The number of urea groups is 1. The van der Waals surface area contributed by atoms with Gasteiger partial charge >= 0.3 is 6.03 Å². The highest BCUT2D eigenvalue weighted by molar-refractivity contribution is 7.92. The van der Waals surface area contributed by atoms with Crippen LogP contribution in [0.4, 0.5) is 16.2 Å². The minimum absolute atomic E-state index is 0.0326. The van der Waals surface area contributed by atoms with Crippen LogP contribution in [0.15, 0.2) is 36.4 Å². The van der Waals surface area contributed by atoms with Gasteiger partial charge in [-0.25, -0.2) is 13.2 Å². The molecule has 6 amide bonds. The van der Waals surface area contributed by atoms with Crippen LogP contribution in [0, 0.1) is 0 Å². The summed E-state index contributed by atoms with van der Waals surface area (Å²) in [6.45, 7) is 9.04. The molecule has 2 aromatic carbocycles. The topological polar surface area (TPSA) is 183 Å². The first kappa shape index (κ1) is 35.8. The highest BCUT2D eigenvalue weighted by Crippen LogP contribution is 2.38. The fourth-order valence-corrected chi connectivity index (χ4v) is 5.81. The molecule has 1 saturated heterocycles. The van der Waals surface area contributed by atoms with E-state index in [0.717, 1.165) is 15.5 Å². The highest BCUT2D eigenvalue weighted by atomic mass is 32.2. The number of methoxy groups -OCH3 is 1. The number of likely N-dealkylation sites (N-methyl/N-ethyl adjacent to an activating group) is 2. The average Bonchev–Trinajstić information content (AvgIpc) is 2.97. The zero-order valence-electron chi connectivity index (χ0n) is 27.1. The number of imide groups is 1. The first-order chi connectivity index (χ1) is 21.5. The van der Waals surface area contributed by atoms with E-state index < -0.39 is 64.1 Å². The smallest absolute Gasteiger partial charge is 0.324 e. The van der Waals surface area contributed by atoms with Crippen molar-refractivity contribution in [2.75, 3.05) is 55.7 Å². The van der Waals surface area contributed by atoms with Gasteiger partial charge in [0.25, 0.3) is 5.91 Å². The molecule has 3 rings (SSSR count). The second kappa shape index (κ2) is 14.6. The molecule has 0 bridgehead atoms. The van der Waals surface area contributed by atoms with Crippen molar-refractivity contribution in [3.8, 4) is 5.75 Å². The Hall–Kier alpha value is -4.66. The molecule has 15 heteroatoms. The van der Waals surface area contributed by atoms with Crippen LogP contribution >= 0.6 is 0 Å². The summed E-state index contributed by atoms with van der Waals surface area (Å²) in [4.78, 5) is 64.9. The number of rotatable bonds is 12. The second-order valence-electron chi connectivity index (χ2n) is 11.7. The Balaban J connectivity index is 1.98. The number of carbonyl (C=O) groups is 5. The van der Waals surface area contributed by atoms with Crippen LogP contribution in [0.2, 0.25) is 0 Å². The molecule has 1 aliphatic rings. The SMILES string of the molecule is CCNC(=O)CN1C(=O)NCC(c2cc(C(=O)Nc3ccc(N(CC(=O)NCC)S(C)(=O)=O)cc3)c(OC)c(C(C)(C)C)c2)C1=O. The predicted molar refractivity (Wildman–Crippen MR) is 173 cm³/mol. The van der Waals surface area contributed by atoms with Crippen molar-refractivity contribution in [2.24, 2.45) is 0 Å². The number of hydrogen-bond donors (Lipinski definition) is 4. The number of sulfonamides is 1. The van der Waals surface area contributed by atoms with Crippen molar-refractivity contribution in [3.63, 3.8) is 0 Å². The Morgan fingerprint density at radius 3 is 2.17 bits per heavy atom. The number of amides is 6. The van der Waals surface area contributed by atoms with Crippen molar-refractivity contribution in [1.29, 1.82) is 0 Å². The first-order valence-corrected chi connectivity index (χ1v) is 16.6. The molecular weight excluding hydrogens is 616 g/mol. The molecular formula is C31H42N6O8S. The minimum atomic E-state index is -3.79. The second-order valence-corrected chi connectivity index (χ2v) is 13.6. The third-order valence-corrected chi connectivity index (χ3v) is 8.33. The normalized spacial score (nSPS) is 15.1. The van der Waals surface area contributed by atoms with Crippen LogP contribution in [0.25, 0.3) is 0 Å². The Bertz CT molecular complexity index is 1600. The molecule has 4 N–H and O–H groups in total. The summed E-state index contributed by atoms with van der Waals surface area (Å²) in [5.74, 6) is -2.67. The fourth-order valence-electron chi connectivity index (χ4n) is 4.96. The van der Waals surface area contributed by atoms with E-state index >= 15 is 0 Å². The van der Waals surface area contributed by atoms with Gasteiger partial charge in [0.1, 0.15) is 18.8 Å². The van der Waals surface area contributed by atoms with E-state index in [9.17, 15) is 32.4 Å². The summed E-state index contributed by atoms with van der Waals surface area (Å²) in [6.07, 6.45) is 0.996. The minimum Gasteiger partial charge on any atom is -0.496 e. The monoisotopic (exact) mass is 658 g/mol. The van der Waals surface area contributed by atoms with Gasteiger partial charge in [-0.3, -0.25) is 28.4 Å². The molecule has 1 unspecified atom stereocenters. The van der Waals surface area contributed by atoms with Crippen LogP contribution in [-0.4, -0.2) is 89.1 Å². The number of hydrogen-bond acceptors (Lipinski definition) is 8. The molecule has 250 valence electrons. The van der Waals surface area contributed by atoms with Gasteiger partial charge < -0.3 is 26.0 Å². The van der Waals surface area contributed by atoms with Gasteiger partial charge in [-0.2, -0.15) is 0 Å². The fraction of sp³-hybridized carbons (Fsp3) is 0.452. The van der Waals surface area contributed by atoms with Gasteiger partial charge in [-0.1, -0.05) is 26.8 Å². The zero-order valence-corrected chi connectivity index (χ0v) is 28.0. The quantitative estimate of drug-likeness (QED) is 0.267. The summed E-state index contributed by atoms with van der Waals surface area (Å²) in [7, 11) is -2.35. The Morgan fingerprint density at radius 1 is 1.02 bits per heavy atom. The summed E-state index contributed by atoms with van der Waals surface area (Å²) in [5.41, 5.74) is 1.26. The Morgan fingerprint density at radius 2 is 1.63 bits per heavy atom. The number of nitrogens with one attached hydrogen (secondary N) is 4. The van der Waals surface area contributed by atoms with Crippen LogP contribution in [0.5, 0.6) is 5.75 Å². The molecule has 1 heterocycles. The lowest BCUT2D eigenvalue weighted by Crippen LogP contribution is -2.56. The lowest BCUT2D eigenvalue weighted by molar-refractivity contribution is -0.135. The Labute approximate surface area is 269 Å². The van der Waals surface area contributed by atoms with Crippen LogP contribution in [-0.2, 0) is 29.8 Å². The predicted octanol–water partition coefficient (Wildman–Crippen LogP) is 1.92. The van der Waals surface area contributed by atoms with E-state index in [1.54, 1.807) is 19.9 Å². The third-order valence-electron chi connectivity index (χ3n) is 7.19. The highest BCUT2D eigenvalue weighted by Gasteiger charge is 2.38. The molecule has 0 spiro atoms. The van der Waals surface area contributed by atoms with E-state index in [1.165, 1.54) is 37.4 Å². The molecule has 0 aromatic heterocycles. The van der Waals surface area contributed by atoms with Gasteiger partial charge in [0, 0.05) is 30.9 Å². The van der Waals surface area contributed by atoms with Crippen LogP contribution in [0.1, 0.15) is 62.0 Å². The van der Waals surface area contributed by atoms with Gasteiger partial charge in [0.2, 0.25) is 27.7 Å². The van der Waals surface area contributed by atoms with E-state index in [2.05, 4.69) is 21.3 Å². The standard InChI is InChI=1S/C31H42N6O8S/c1-8-32-25(38)17-36-29(41)23(16-34-30(36)42)19-14-22(27(45-6)24(15-19)31(3,4)5)28(40)35-20-10-12-21(13-11-20)37(46(7,43)44)18-26(39)33-9-2/h10-15,23H,8-9,16-18H2,1-7H3,(H,32,38)(H,33,39)(H,34,42)(H,35,40). The molecule has 0 aliphatic carbocycles. The lowest BCUT2D eigenvalue weighted by Gasteiger charge is -2.32. The summed E-state index contributed by atoms with van der Waals surface area (Å²) in [5, 5.41) is 10.6. The summed E-state index contributed by atoms with van der Waals surface area (Å²) < 4.78 is 31.5. The average molecular weight is 659 g/mol. The molecule has 14 nitrogen and oxygen atoms in total. The van der Waals surface area contributed by atoms with Crippen molar-refractivity contribution in [1.82, 2.24) is 20.9 Å². The van der Waals surface area contributed by atoms with Gasteiger partial charge in [0.05, 0.1) is 30.5 Å². The van der Waals surface area contributed by atoms with Crippen molar-refractivity contribution in [2.45, 2.75) is 46.0 Å². The maximum absolute atomic E-state index is 13.8. The molecule has 0 saturated carbocycles. The maximum atomic E-state index is 13.8. The first-order valence-electron chi connectivity index (χ1n) is 14.8. The summed E-state index contributed by atoms with van der Waals surface area (Å²) >= 11 is 0. The molecule has 2 aromatic rings. The maximum Gasteiger partial charge on any atom is 0.324 e. The molecule has 0 radical (unpaired) electrons. The number of benzene rings is 2. The van der Waals surface area contributed by atoms with E-state index in [-0.39, 0.29) is 17.8 Å². The van der Waals surface area contributed by atoms with Crippen molar-refractivity contribution in [3.05, 3.63) is 53.1 Å².